The molecule has 0 fully saturated rings. The van der Waals surface area contributed by atoms with Crippen molar-refractivity contribution in [3.63, 3.8) is 0 Å². The molecule has 2 aromatic heterocycles. The highest BCUT2D eigenvalue weighted by Gasteiger charge is 2.23. The van der Waals surface area contributed by atoms with Crippen molar-refractivity contribution in [1.82, 2.24) is 9.97 Å². The molecule has 0 bridgehead atoms. The molecule has 0 unspecified atom stereocenters. The SMILES string of the molecule is CCCNc1nc(-c2cccs2)nc(C(C)(C)C)c1Br. The second kappa shape index (κ2) is 6.22. The van der Waals surface area contributed by atoms with E-state index in [1.54, 1.807) is 11.3 Å². The second-order valence-corrected chi connectivity index (χ2v) is 7.45. The van der Waals surface area contributed by atoms with Gasteiger partial charge in [-0.1, -0.05) is 33.8 Å². The summed E-state index contributed by atoms with van der Waals surface area (Å²) in [5, 5.41) is 5.44. The van der Waals surface area contributed by atoms with Crippen molar-refractivity contribution in [2.75, 3.05) is 11.9 Å². The zero-order valence-electron chi connectivity index (χ0n) is 12.3. The molecule has 2 rings (SSSR count). The van der Waals surface area contributed by atoms with E-state index in [1.165, 1.54) is 0 Å². The minimum atomic E-state index is -0.0313. The first-order chi connectivity index (χ1) is 9.43. The Morgan fingerprint density at radius 2 is 2.05 bits per heavy atom. The van der Waals surface area contributed by atoms with E-state index < -0.39 is 0 Å². The topological polar surface area (TPSA) is 37.8 Å². The fourth-order valence-electron chi connectivity index (χ4n) is 1.82. The fraction of sp³-hybridized carbons (Fsp3) is 0.467. The van der Waals surface area contributed by atoms with Crippen LogP contribution >= 0.6 is 27.3 Å². The van der Waals surface area contributed by atoms with Crippen LogP contribution in [0.5, 0.6) is 0 Å². The third-order valence-corrected chi connectivity index (χ3v) is 4.46. The maximum Gasteiger partial charge on any atom is 0.171 e. The van der Waals surface area contributed by atoms with Gasteiger partial charge in [0.1, 0.15) is 5.82 Å². The van der Waals surface area contributed by atoms with E-state index in [1.807, 2.05) is 6.07 Å². The molecule has 0 spiro atoms. The lowest BCUT2D eigenvalue weighted by Gasteiger charge is -2.22. The van der Waals surface area contributed by atoms with Gasteiger partial charge in [-0.3, -0.25) is 0 Å². The van der Waals surface area contributed by atoms with Crippen molar-refractivity contribution < 1.29 is 0 Å². The van der Waals surface area contributed by atoms with E-state index in [0.29, 0.717) is 0 Å². The molecule has 0 amide bonds. The van der Waals surface area contributed by atoms with Gasteiger partial charge in [0.2, 0.25) is 0 Å². The van der Waals surface area contributed by atoms with E-state index in [0.717, 1.165) is 39.7 Å². The van der Waals surface area contributed by atoms with Crippen LogP contribution in [0.3, 0.4) is 0 Å². The third-order valence-electron chi connectivity index (χ3n) is 2.85. The molecule has 3 nitrogen and oxygen atoms in total. The molecule has 0 atom stereocenters. The summed E-state index contributed by atoms with van der Waals surface area (Å²) in [4.78, 5) is 10.5. The maximum absolute atomic E-state index is 4.77. The number of hydrogen-bond donors (Lipinski definition) is 1. The molecular weight excluding hydrogens is 334 g/mol. The van der Waals surface area contributed by atoms with Gasteiger partial charge in [-0.15, -0.1) is 11.3 Å². The summed E-state index contributed by atoms with van der Waals surface area (Å²) in [6.45, 7) is 9.56. The van der Waals surface area contributed by atoms with E-state index in [4.69, 9.17) is 4.98 Å². The van der Waals surface area contributed by atoms with Crippen LogP contribution in [-0.2, 0) is 5.41 Å². The largest absolute Gasteiger partial charge is 0.369 e. The van der Waals surface area contributed by atoms with E-state index in [2.05, 4.69) is 65.4 Å². The summed E-state index contributed by atoms with van der Waals surface area (Å²) in [5.41, 5.74) is 1.01. The number of nitrogens with one attached hydrogen (secondary N) is 1. The Morgan fingerprint density at radius 3 is 2.60 bits per heavy atom. The molecule has 0 saturated heterocycles. The average molecular weight is 354 g/mol. The first kappa shape index (κ1) is 15.4. The van der Waals surface area contributed by atoms with Gasteiger partial charge in [0, 0.05) is 12.0 Å². The summed E-state index contributed by atoms with van der Waals surface area (Å²) in [6, 6.07) is 4.09. The Labute approximate surface area is 133 Å². The highest BCUT2D eigenvalue weighted by Crippen LogP contribution is 2.35. The van der Waals surface area contributed by atoms with Crippen LogP contribution in [0.4, 0.5) is 5.82 Å². The van der Waals surface area contributed by atoms with Crippen molar-refractivity contribution in [3.8, 4) is 10.7 Å². The molecule has 20 heavy (non-hydrogen) atoms. The van der Waals surface area contributed by atoms with E-state index >= 15 is 0 Å². The van der Waals surface area contributed by atoms with Crippen molar-refractivity contribution in [1.29, 1.82) is 0 Å². The van der Waals surface area contributed by atoms with Crippen molar-refractivity contribution >= 4 is 33.1 Å². The van der Waals surface area contributed by atoms with Gasteiger partial charge < -0.3 is 5.32 Å². The Morgan fingerprint density at radius 1 is 1.30 bits per heavy atom. The van der Waals surface area contributed by atoms with E-state index in [9.17, 15) is 0 Å². The summed E-state index contributed by atoms with van der Waals surface area (Å²) in [6.07, 6.45) is 1.07. The lowest BCUT2D eigenvalue weighted by atomic mass is 9.92. The highest BCUT2D eigenvalue weighted by molar-refractivity contribution is 9.10. The van der Waals surface area contributed by atoms with Crippen LogP contribution in [0.2, 0.25) is 0 Å². The average Bonchev–Trinajstić information content (AvgIpc) is 2.90. The van der Waals surface area contributed by atoms with Crippen LogP contribution in [0.1, 0.15) is 39.8 Å². The number of anilines is 1. The fourth-order valence-corrected chi connectivity index (χ4v) is 3.39. The molecule has 0 saturated carbocycles. The van der Waals surface area contributed by atoms with Gasteiger partial charge in [0.25, 0.3) is 0 Å². The zero-order valence-corrected chi connectivity index (χ0v) is 14.7. The lowest BCUT2D eigenvalue weighted by molar-refractivity contribution is 0.564. The summed E-state index contributed by atoms with van der Waals surface area (Å²) < 4.78 is 0.971. The summed E-state index contributed by atoms with van der Waals surface area (Å²) >= 11 is 5.33. The Balaban J connectivity index is 2.54. The molecular formula is C15H20BrN3S. The summed E-state index contributed by atoms with van der Waals surface area (Å²) in [7, 11) is 0. The van der Waals surface area contributed by atoms with Crippen molar-refractivity contribution in [2.24, 2.45) is 0 Å². The first-order valence-corrected chi connectivity index (χ1v) is 8.46. The minimum absolute atomic E-state index is 0.0313. The molecule has 5 heteroatoms. The monoisotopic (exact) mass is 353 g/mol. The van der Waals surface area contributed by atoms with Crippen LogP contribution < -0.4 is 5.32 Å². The predicted molar refractivity (Wildman–Crippen MR) is 90.5 cm³/mol. The lowest BCUT2D eigenvalue weighted by Crippen LogP contribution is -2.17. The summed E-state index contributed by atoms with van der Waals surface area (Å²) in [5.74, 6) is 1.68. The number of hydrogen-bond acceptors (Lipinski definition) is 4. The minimum Gasteiger partial charge on any atom is -0.369 e. The number of thiophene rings is 1. The number of rotatable bonds is 4. The normalized spacial score (nSPS) is 11.7. The van der Waals surface area contributed by atoms with Crippen molar-refractivity contribution in [2.45, 2.75) is 39.5 Å². The van der Waals surface area contributed by atoms with Crippen LogP contribution in [0.25, 0.3) is 10.7 Å². The molecule has 2 heterocycles. The van der Waals surface area contributed by atoms with Crippen LogP contribution in [-0.4, -0.2) is 16.5 Å². The van der Waals surface area contributed by atoms with Gasteiger partial charge in [0.15, 0.2) is 5.82 Å². The second-order valence-electron chi connectivity index (χ2n) is 5.71. The predicted octanol–water partition coefficient (Wildman–Crippen LogP) is 5.09. The molecule has 1 N–H and O–H groups in total. The number of aromatic nitrogens is 2. The number of nitrogens with zero attached hydrogens (tertiary/aromatic N) is 2. The Bertz CT molecular complexity index is 574. The maximum atomic E-state index is 4.77. The molecule has 108 valence electrons. The standard InChI is InChI=1S/C15H20BrN3S/c1-5-8-17-14-11(16)12(15(2,3)4)18-13(19-14)10-7-6-9-20-10/h6-7,9H,5,8H2,1-4H3,(H,17,18,19). The first-order valence-electron chi connectivity index (χ1n) is 6.79. The van der Waals surface area contributed by atoms with Crippen molar-refractivity contribution in [3.05, 3.63) is 27.7 Å². The molecule has 0 aromatic carbocycles. The van der Waals surface area contributed by atoms with Gasteiger partial charge >= 0.3 is 0 Å². The van der Waals surface area contributed by atoms with Gasteiger partial charge in [-0.05, 0) is 33.8 Å². The van der Waals surface area contributed by atoms with Crippen LogP contribution in [0.15, 0.2) is 22.0 Å². The molecule has 0 radical (unpaired) electrons. The quantitative estimate of drug-likeness (QED) is 0.831. The van der Waals surface area contributed by atoms with Gasteiger partial charge in [-0.2, -0.15) is 0 Å². The smallest absolute Gasteiger partial charge is 0.171 e. The molecule has 0 aliphatic carbocycles. The third kappa shape index (κ3) is 3.38. The van der Waals surface area contributed by atoms with Gasteiger partial charge in [-0.25, -0.2) is 9.97 Å². The zero-order chi connectivity index (χ0) is 14.8. The van der Waals surface area contributed by atoms with Crippen LogP contribution in [0, 0.1) is 0 Å². The highest BCUT2D eigenvalue weighted by atomic mass is 79.9. The Hall–Kier alpha value is -0.940. The number of halogens is 1. The Kier molecular flexibility index (Phi) is 4.81. The molecule has 0 aliphatic heterocycles. The van der Waals surface area contributed by atoms with Gasteiger partial charge in [0.05, 0.1) is 15.0 Å². The van der Waals surface area contributed by atoms with E-state index in [-0.39, 0.29) is 5.41 Å². The molecule has 2 aromatic rings. The molecule has 0 aliphatic rings.